The minimum absolute atomic E-state index is 0.209. The van der Waals surface area contributed by atoms with E-state index in [1.54, 1.807) is 37.3 Å². The van der Waals surface area contributed by atoms with E-state index >= 15 is 0 Å². The molecule has 0 atom stereocenters. The summed E-state index contributed by atoms with van der Waals surface area (Å²) in [6.07, 6.45) is 0.900. The van der Waals surface area contributed by atoms with Crippen LogP contribution in [0.1, 0.15) is 34.8 Å². The fraction of sp³-hybridized carbons (Fsp3) is 0.240. The molecule has 3 aromatic rings. The Morgan fingerprint density at radius 1 is 0.935 bits per heavy atom. The average molecular weight is 437 g/mol. The third-order valence-corrected chi connectivity index (χ3v) is 5.60. The van der Waals surface area contributed by atoms with Gasteiger partial charge in [-0.3, -0.25) is 4.79 Å². The summed E-state index contributed by atoms with van der Waals surface area (Å²) in [5.41, 5.74) is 4.65. The Balaban J connectivity index is 1.66. The number of hydrogen-bond donors (Lipinski definition) is 2. The van der Waals surface area contributed by atoms with E-state index < -0.39 is 0 Å². The van der Waals surface area contributed by atoms with Crippen LogP contribution in [0.15, 0.2) is 65.6 Å². The van der Waals surface area contributed by atoms with Gasteiger partial charge in [-0.2, -0.15) is 0 Å². The Hall–Kier alpha value is -3.12. The third-order valence-electron chi connectivity index (χ3n) is 4.77. The SMILES string of the molecule is CCCOc1ccc(C(=O)Nc2cccc(NSc3ccc(C)c(C)c3)c2)cc1OC. The first-order valence-electron chi connectivity index (χ1n) is 10.2. The molecule has 0 fully saturated rings. The standard InChI is InChI=1S/C25H28N2O3S/c1-5-13-30-23-12-10-19(15-24(23)29-4)25(28)26-20-7-6-8-21(16-20)27-31-22-11-9-17(2)18(3)14-22/h6-12,14-16,27H,5,13H2,1-4H3,(H,26,28). The molecule has 1 amide bonds. The molecule has 0 spiro atoms. The van der Waals surface area contributed by atoms with Crippen LogP contribution in [0.3, 0.4) is 0 Å². The van der Waals surface area contributed by atoms with Crippen molar-refractivity contribution in [3.8, 4) is 11.5 Å². The quantitative estimate of drug-likeness (QED) is 0.376. The van der Waals surface area contributed by atoms with E-state index in [0.717, 1.165) is 17.0 Å². The van der Waals surface area contributed by atoms with E-state index in [-0.39, 0.29) is 5.91 Å². The average Bonchev–Trinajstić information content (AvgIpc) is 2.78. The number of amides is 1. The van der Waals surface area contributed by atoms with Crippen LogP contribution >= 0.6 is 11.9 Å². The predicted molar refractivity (Wildman–Crippen MR) is 129 cm³/mol. The van der Waals surface area contributed by atoms with Crippen molar-refractivity contribution in [2.45, 2.75) is 32.1 Å². The summed E-state index contributed by atoms with van der Waals surface area (Å²) < 4.78 is 14.4. The topological polar surface area (TPSA) is 59.6 Å². The first kappa shape index (κ1) is 22.6. The van der Waals surface area contributed by atoms with Crippen molar-refractivity contribution in [2.24, 2.45) is 0 Å². The molecule has 0 aromatic heterocycles. The summed E-state index contributed by atoms with van der Waals surface area (Å²) in [4.78, 5) is 13.9. The third kappa shape index (κ3) is 6.18. The Labute approximate surface area is 188 Å². The number of carbonyl (C=O) groups excluding carboxylic acids is 1. The number of anilines is 2. The number of nitrogens with one attached hydrogen (secondary N) is 2. The molecule has 3 rings (SSSR count). The van der Waals surface area contributed by atoms with Gasteiger partial charge in [0.15, 0.2) is 11.5 Å². The van der Waals surface area contributed by atoms with Crippen LogP contribution in [0.25, 0.3) is 0 Å². The van der Waals surface area contributed by atoms with Crippen molar-refractivity contribution in [1.29, 1.82) is 0 Å². The van der Waals surface area contributed by atoms with E-state index in [2.05, 4.69) is 42.1 Å². The number of hydrogen-bond acceptors (Lipinski definition) is 5. The van der Waals surface area contributed by atoms with E-state index in [1.807, 2.05) is 31.2 Å². The lowest BCUT2D eigenvalue weighted by Crippen LogP contribution is -2.12. The van der Waals surface area contributed by atoms with Gasteiger partial charge >= 0.3 is 0 Å². The molecule has 0 heterocycles. The number of methoxy groups -OCH3 is 1. The highest BCUT2D eigenvalue weighted by atomic mass is 32.2. The van der Waals surface area contributed by atoms with Crippen LogP contribution in [-0.2, 0) is 0 Å². The molecule has 5 nitrogen and oxygen atoms in total. The Morgan fingerprint density at radius 2 is 1.74 bits per heavy atom. The van der Waals surface area contributed by atoms with Crippen LogP contribution in [-0.4, -0.2) is 19.6 Å². The summed E-state index contributed by atoms with van der Waals surface area (Å²) in [6.45, 7) is 6.84. The molecular formula is C25H28N2O3S. The molecule has 2 N–H and O–H groups in total. The zero-order chi connectivity index (χ0) is 22.2. The molecule has 3 aromatic carbocycles. The van der Waals surface area contributed by atoms with E-state index in [0.29, 0.717) is 29.4 Å². The van der Waals surface area contributed by atoms with Gasteiger partial charge in [0.1, 0.15) is 0 Å². The second-order valence-corrected chi connectivity index (χ2v) is 8.08. The molecule has 0 bridgehead atoms. The van der Waals surface area contributed by atoms with Crippen molar-refractivity contribution in [1.82, 2.24) is 0 Å². The zero-order valence-corrected chi connectivity index (χ0v) is 19.1. The van der Waals surface area contributed by atoms with Gasteiger partial charge in [0.2, 0.25) is 0 Å². The van der Waals surface area contributed by atoms with Crippen molar-refractivity contribution in [2.75, 3.05) is 23.8 Å². The zero-order valence-electron chi connectivity index (χ0n) is 18.3. The number of aryl methyl sites for hydroxylation is 2. The minimum atomic E-state index is -0.209. The van der Waals surface area contributed by atoms with Gasteiger partial charge in [0.25, 0.3) is 5.91 Å². The maximum atomic E-state index is 12.7. The van der Waals surface area contributed by atoms with Gasteiger partial charge < -0.3 is 19.5 Å². The van der Waals surface area contributed by atoms with Crippen molar-refractivity contribution < 1.29 is 14.3 Å². The van der Waals surface area contributed by atoms with Crippen molar-refractivity contribution in [3.63, 3.8) is 0 Å². The van der Waals surface area contributed by atoms with Crippen molar-refractivity contribution in [3.05, 3.63) is 77.4 Å². The highest BCUT2D eigenvalue weighted by molar-refractivity contribution is 8.00. The molecule has 162 valence electrons. The summed E-state index contributed by atoms with van der Waals surface area (Å²) >= 11 is 1.54. The molecule has 31 heavy (non-hydrogen) atoms. The molecule has 0 saturated carbocycles. The predicted octanol–water partition coefficient (Wildman–Crippen LogP) is 6.47. The van der Waals surface area contributed by atoms with Gasteiger partial charge in [0.05, 0.1) is 13.7 Å². The molecule has 0 unspecified atom stereocenters. The van der Waals surface area contributed by atoms with Gasteiger partial charge in [-0.25, -0.2) is 0 Å². The monoisotopic (exact) mass is 436 g/mol. The maximum Gasteiger partial charge on any atom is 0.255 e. The highest BCUT2D eigenvalue weighted by Gasteiger charge is 2.12. The van der Waals surface area contributed by atoms with Crippen LogP contribution in [0.2, 0.25) is 0 Å². The molecule has 6 heteroatoms. The maximum absolute atomic E-state index is 12.7. The smallest absolute Gasteiger partial charge is 0.255 e. The molecule has 0 aliphatic heterocycles. The number of carbonyl (C=O) groups is 1. The largest absolute Gasteiger partial charge is 0.493 e. The summed E-state index contributed by atoms with van der Waals surface area (Å²) in [6, 6.07) is 19.2. The lowest BCUT2D eigenvalue weighted by molar-refractivity contribution is 0.102. The van der Waals surface area contributed by atoms with Crippen LogP contribution in [0.4, 0.5) is 11.4 Å². The van der Waals surface area contributed by atoms with Gasteiger partial charge in [-0.15, -0.1) is 0 Å². The van der Waals surface area contributed by atoms with Crippen molar-refractivity contribution >= 4 is 29.2 Å². The molecule has 0 radical (unpaired) electrons. The highest BCUT2D eigenvalue weighted by Crippen LogP contribution is 2.29. The normalized spacial score (nSPS) is 10.5. The summed E-state index contributed by atoms with van der Waals surface area (Å²) in [5, 5.41) is 2.94. The lowest BCUT2D eigenvalue weighted by Gasteiger charge is -2.12. The second-order valence-electron chi connectivity index (χ2n) is 7.20. The second kappa shape index (κ2) is 10.8. The first-order valence-corrected chi connectivity index (χ1v) is 11.0. The summed E-state index contributed by atoms with van der Waals surface area (Å²) in [7, 11) is 1.57. The van der Waals surface area contributed by atoms with Gasteiger partial charge in [-0.05, 0) is 91.9 Å². The summed E-state index contributed by atoms with van der Waals surface area (Å²) in [5.74, 6) is 0.969. The van der Waals surface area contributed by atoms with Gasteiger partial charge in [0, 0.05) is 21.8 Å². The fourth-order valence-corrected chi connectivity index (χ4v) is 3.63. The van der Waals surface area contributed by atoms with E-state index in [4.69, 9.17) is 9.47 Å². The minimum Gasteiger partial charge on any atom is -0.493 e. The Morgan fingerprint density at radius 3 is 2.48 bits per heavy atom. The van der Waals surface area contributed by atoms with Gasteiger partial charge in [-0.1, -0.05) is 19.1 Å². The van der Waals surface area contributed by atoms with E-state index in [1.165, 1.54) is 11.1 Å². The van der Waals surface area contributed by atoms with E-state index in [9.17, 15) is 4.79 Å². The molecule has 0 aliphatic carbocycles. The van der Waals surface area contributed by atoms with Crippen LogP contribution in [0, 0.1) is 13.8 Å². The Bertz CT molecular complexity index is 1050. The van der Waals surface area contributed by atoms with Crippen LogP contribution in [0.5, 0.6) is 11.5 Å². The number of ether oxygens (including phenoxy) is 2. The Kier molecular flexibility index (Phi) is 7.84. The molecular weight excluding hydrogens is 408 g/mol. The number of benzene rings is 3. The molecule has 0 saturated heterocycles. The number of rotatable bonds is 9. The molecule has 0 aliphatic rings. The van der Waals surface area contributed by atoms with Crippen LogP contribution < -0.4 is 19.5 Å². The fourth-order valence-electron chi connectivity index (χ4n) is 2.90. The lowest BCUT2D eigenvalue weighted by atomic mass is 10.1. The first-order chi connectivity index (χ1) is 15.0.